The summed E-state index contributed by atoms with van der Waals surface area (Å²) in [5, 5.41) is 3.45. The first kappa shape index (κ1) is 18.9. The summed E-state index contributed by atoms with van der Waals surface area (Å²) in [5.41, 5.74) is 4.03. The third-order valence-corrected chi connectivity index (χ3v) is 4.99. The Kier molecular flexibility index (Phi) is 7.09. The standard InChI is InChI=1S/C21H31N3O2/c1-3-22-21(23-11-8-18-9-13-25-14-10-18)24-12-15-26-20(16-24)19-7-5-4-6-17(19)2/h4-7,9,20H,3,8,10-16H2,1-2H3,(H,22,23). The van der Waals surface area contributed by atoms with Crippen molar-refractivity contribution in [3.8, 4) is 0 Å². The highest BCUT2D eigenvalue weighted by Crippen LogP contribution is 2.25. The van der Waals surface area contributed by atoms with E-state index in [0.29, 0.717) is 0 Å². The van der Waals surface area contributed by atoms with Gasteiger partial charge in [0.25, 0.3) is 0 Å². The van der Waals surface area contributed by atoms with Gasteiger partial charge in [0.2, 0.25) is 0 Å². The molecule has 142 valence electrons. The molecule has 2 aliphatic rings. The number of benzene rings is 1. The van der Waals surface area contributed by atoms with E-state index in [2.05, 4.69) is 54.4 Å². The highest BCUT2D eigenvalue weighted by atomic mass is 16.5. The van der Waals surface area contributed by atoms with Crippen molar-refractivity contribution in [2.45, 2.75) is 32.8 Å². The molecule has 1 aromatic carbocycles. The van der Waals surface area contributed by atoms with Crippen LogP contribution in [0.2, 0.25) is 0 Å². The van der Waals surface area contributed by atoms with Gasteiger partial charge in [-0.05, 0) is 37.8 Å². The predicted octanol–water partition coefficient (Wildman–Crippen LogP) is 3.07. The zero-order valence-corrected chi connectivity index (χ0v) is 16.0. The molecule has 1 atom stereocenters. The van der Waals surface area contributed by atoms with Crippen LogP contribution in [0.15, 0.2) is 40.9 Å². The van der Waals surface area contributed by atoms with Crippen LogP contribution in [-0.4, -0.2) is 56.9 Å². The lowest BCUT2D eigenvalue weighted by Gasteiger charge is -2.35. The van der Waals surface area contributed by atoms with Crippen LogP contribution in [0.1, 0.15) is 37.0 Å². The molecule has 0 saturated carbocycles. The Labute approximate surface area is 157 Å². The topological polar surface area (TPSA) is 46.1 Å². The minimum Gasteiger partial charge on any atom is -0.377 e. The number of nitrogens with zero attached hydrogens (tertiary/aromatic N) is 2. The lowest BCUT2D eigenvalue weighted by molar-refractivity contribution is -0.00832. The van der Waals surface area contributed by atoms with Crippen LogP contribution in [0.5, 0.6) is 0 Å². The molecule has 3 rings (SSSR count). The maximum atomic E-state index is 6.06. The molecule has 2 heterocycles. The average Bonchev–Trinajstić information content (AvgIpc) is 2.69. The molecule has 0 bridgehead atoms. The summed E-state index contributed by atoms with van der Waals surface area (Å²) in [4.78, 5) is 7.21. The number of nitrogens with one attached hydrogen (secondary N) is 1. The maximum Gasteiger partial charge on any atom is 0.194 e. The number of hydrogen-bond donors (Lipinski definition) is 1. The number of aryl methyl sites for hydroxylation is 1. The van der Waals surface area contributed by atoms with Crippen LogP contribution >= 0.6 is 0 Å². The van der Waals surface area contributed by atoms with E-state index in [1.807, 2.05) is 0 Å². The van der Waals surface area contributed by atoms with Gasteiger partial charge in [-0.25, -0.2) is 0 Å². The summed E-state index contributed by atoms with van der Waals surface area (Å²) in [6.45, 7) is 10.0. The first-order valence-corrected chi connectivity index (χ1v) is 9.74. The van der Waals surface area contributed by atoms with Crippen molar-refractivity contribution in [3.05, 3.63) is 47.0 Å². The molecular weight excluding hydrogens is 326 g/mol. The normalized spacial score (nSPS) is 21.5. The van der Waals surface area contributed by atoms with Crippen LogP contribution in [0.4, 0.5) is 0 Å². The van der Waals surface area contributed by atoms with Gasteiger partial charge >= 0.3 is 0 Å². The van der Waals surface area contributed by atoms with Crippen molar-refractivity contribution in [2.24, 2.45) is 4.99 Å². The number of aliphatic imine (C=N–C) groups is 1. The van der Waals surface area contributed by atoms with Gasteiger partial charge in [0.05, 0.1) is 26.4 Å². The monoisotopic (exact) mass is 357 g/mol. The third kappa shape index (κ3) is 5.08. The number of ether oxygens (including phenoxy) is 2. The minimum absolute atomic E-state index is 0.104. The lowest BCUT2D eigenvalue weighted by atomic mass is 10.0. The molecule has 1 unspecified atom stereocenters. The van der Waals surface area contributed by atoms with Crippen LogP contribution in [0.25, 0.3) is 0 Å². The smallest absolute Gasteiger partial charge is 0.194 e. The molecule has 5 nitrogen and oxygen atoms in total. The zero-order valence-electron chi connectivity index (χ0n) is 16.0. The van der Waals surface area contributed by atoms with E-state index < -0.39 is 0 Å². The van der Waals surface area contributed by atoms with Crippen molar-refractivity contribution < 1.29 is 9.47 Å². The number of hydrogen-bond acceptors (Lipinski definition) is 3. The molecule has 0 aliphatic carbocycles. The summed E-state index contributed by atoms with van der Waals surface area (Å²) in [5.74, 6) is 1.00. The Balaban J connectivity index is 1.63. The van der Waals surface area contributed by atoms with E-state index in [1.165, 1.54) is 16.7 Å². The first-order valence-electron chi connectivity index (χ1n) is 9.74. The first-order chi connectivity index (χ1) is 12.8. The van der Waals surface area contributed by atoms with Crippen LogP contribution in [0.3, 0.4) is 0 Å². The Hall–Kier alpha value is -1.85. The zero-order chi connectivity index (χ0) is 18.2. The van der Waals surface area contributed by atoms with Gasteiger partial charge in [-0.1, -0.05) is 35.9 Å². The molecule has 0 aromatic heterocycles. The molecule has 1 aromatic rings. The van der Waals surface area contributed by atoms with E-state index in [1.54, 1.807) is 0 Å². The molecule has 1 N–H and O–H groups in total. The van der Waals surface area contributed by atoms with Gasteiger partial charge in [0, 0.05) is 19.6 Å². The molecule has 1 saturated heterocycles. The lowest BCUT2D eigenvalue weighted by Crippen LogP contribution is -2.48. The van der Waals surface area contributed by atoms with E-state index >= 15 is 0 Å². The summed E-state index contributed by atoms with van der Waals surface area (Å²) < 4.78 is 11.4. The second-order valence-corrected chi connectivity index (χ2v) is 6.83. The molecule has 0 radical (unpaired) electrons. The predicted molar refractivity (Wildman–Crippen MR) is 106 cm³/mol. The van der Waals surface area contributed by atoms with Crippen molar-refractivity contribution in [1.29, 1.82) is 0 Å². The molecular formula is C21H31N3O2. The van der Waals surface area contributed by atoms with Crippen molar-refractivity contribution in [2.75, 3.05) is 46.0 Å². The SMILES string of the molecule is CCNC(=NCCC1=CCOCC1)N1CCOC(c2ccccc2C)C1. The highest BCUT2D eigenvalue weighted by Gasteiger charge is 2.25. The van der Waals surface area contributed by atoms with Crippen LogP contribution in [0, 0.1) is 6.92 Å². The summed E-state index contributed by atoms with van der Waals surface area (Å²) in [7, 11) is 0. The van der Waals surface area contributed by atoms with E-state index in [9.17, 15) is 0 Å². The molecule has 5 heteroatoms. The van der Waals surface area contributed by atoms with E-state index in [0.717, 1.165) is 64.8 Å². The molecule has 2 aliphatic heterocycles. The largest absolute Gasteiger partial charge is 0.377 e. The Bertz CT molecular complexity index is 642. The van der Waals surface area contributed by atoms with Crippen molar-refractivity contribution >= 4 is 5.96 Å². The summed E-state index contributed by atoms with van der Waals surface area (Å²) in [6.07, 6.45) is 4.37. The third-order valence-electron chi connectivity index (χ3n) is 4.99. The van der Waals surface area contributed by atoms with Gasteiger partial charge in [0.15, 0.2) is 5.96 Å². The Morgan fingerprint density at radius 2 is 2.19 bits per heavy atom. The highest BCUT2D eigenvalue weighted by molar-refractivity contribution is 5.80. The van der Waals surface area contributed by atoms with Crippen LogP contribution < -0.4 is 5.32 Å². The van der Waals surface area contributed by atoms with E-state index in [-0.39, 0.29) is 6.10 Å². The van der Waals surface area contributed by atoms with Gasteiger partial charge in [-0.15, -0.1) is 0 Å². The molecule has 26 heavy (non-hydrogen) atoms. The van der Waals surface area contributed by atoms with Crippen molar-refractivity contribution in [3.63, 3.8) is 0 Å². The fourth-order valence-electron chi connectivity index (χ4n) is 3.50. The number of guanidine groups is 1. The molecule has 1 fully saturated rings. The maximum absolute atomic E-state index is 6.06. The second kappa shape index (κ2) is 9.74. The fraction of sp³-hybridized carbons (Fsp3) is 0.571. The minimum atomic E-state index is 0.104. The quantitative estimate of drug-likeness (QED) is 0.500. The summed E-state index contributed by atoms with van der Waals surface area (Å²) >= 11 is 0. The van der Waals surface area contributed by atoms with E-state index in [4.69, 9.17) is 14.5 Å². The molecule has 0 spiro atoms. The fourth-order valence-corrected chi connectivity index (χ4v) is 3.50. The molecule has 0 amide bonds. The summed E-state index contributed by atoms with van der Waals surface area (Å²) in [6, 6.07) is 8.49. The van der Waals surface area contributed by atoms with Gasteiger partial charge < -0.3 is 19.7 Å². The second-order valence-electron chi connectivity index (χ2n) is 6.83. The number of rotatable bonds is 5. The Morgan fingerprint density at radius 3 is 2.96 bits per heavy atom. The van der Waals surface area contributed by atoms with Gasteiger partial charge in [-0.3, -0.25) is 4.99 Å². The Morgan fingerprint density at radius 1 is 1.31 bits per heavy atom. The number of morpholine rings is 1. The van der Waals surface area contributed by atoms with Crippen LogP contribution in [-0.2, 0) is 9.47 Å². The van der Waals surface area contributed by atoms with Gasteiger partial charge in [-0.2, -0.15) is 0 Å². The van der Waals surface area contributed by atoms with Gasteiger partial charge in [0.1, 0.15) is 6.10 Å². The average molecular weight is 357 g/mol. The van der Waals surface area contributed by atoms with Crippen molar-refractivity contribution in [1.82, 2.24) is 10.2 Å².